The van der Waals surface area contributed by atoms with Crippen LogP contribution in [-0.2, 0) is 11.2 Å². The van der Waals surface area contributed by atoms with Crippen LogP contribution in [-0.4, -0.2) is 30.0 Å². The van der Waals surface area contributed by atoms with Crippen LogP contribution in [0.25, 0.3) is 0 Å². The van der Waals surface area contributed by atoms with Crippen molar-refractivity contribution < 1.29 is 9.72 Å². The smallest absolute Gasteiger partial charge is 0.273 e. The molecule has 1 fully saturated rings. The zero-order chi connectivity index (χ0) is 16.5. The number of nitrogens with zero attached hydrogens (tertiary/aromatic N) is 1. The van der Waals surface area contributed by atoms with Crippen LogP contribution in [0.15, 0.2) is 24.3 Å². The first kappa shape index (κ1) is 17.4. The van der Waals surface area contributed by atoms with E-state index in [4.69, 9.17) is 0 Å². The maximum Gasteiger partial charge on any atom is 0.273 e. The number of benzene rings is 1. The van der Waals surface area contributed by atoms with Crippen LogP contribution in [0, 0.1) is 10.1 Å². The van der Waals surface area contributed by atoms with E-state index in [-0.39, 0.29) is 18.0 Å². The Bertz CT molecular complexity index is 526. The highest BCUT2D eigenvalue weighted by Gasteiger charge is 2.15. The fourth-order valence-corrected chi connectivity index (χ4v) is 3.04. The van der Waals surface area contributed by atoms with Gasteiger partial charge in [0.15, 0.2) is 0 Å². The minimum Gasteiger partial charge on any atom is -0.355 e. The maximum atomic E-state index is 11.9. The van der Waals surface area contributed by atoms with E-state index in [0.29, 0.717) is 18.2 Å². The molecule has 126 valence electrons. The highest BCUT2D eigenvalue weighted by Crippen LogP contribution is 2.18. The second-order valence-corrected chi connectivity index (χ2v) is 6.06. The standard InChI is InChI=1S/C17H25N3O3/c21-17(13-14-7-5-6-10-16(14)20(22)23)19-12-11-18-15-8-3-1-2-4-9-15/h5-7,10,15,18H,1-4,8-9,11-13H2,(H,19,21). The molecule has 0 heterocycles. The van der Waals surface area contributed by atoms with Crippen LogP contribution in [0.4, 0.5) is 5.69 Å². The summed E-state index contributed by atoms with van der Waals surface area (Å²) in [6.07, 6.45) is 7.67. The summed E-state index contributed by atoms with van der Waals surface area (Å²) in [4.78, 5) is 22.4. The molecule has 23 heavy (non-hydrogen) atoms. The Kier molecular flexibility index (Phi) is 7.00. The zero-order valence-electron chi connectivity index (χ0n) is 13.4. The van der Waals surface area contributed by atoms with E-state index in [9.17, 15) is 14.9 Å². The molecule has 1 aliphatic rings. The van der Waals surface area contributed by atoms with Gasteiger partial charge in [-0.25, -0.2) is 0 Å². The zero-order valence-corrected chi connectivity index (χ0v) is 13.4. The second-order valence-electron chi connectivity index (χ2n) is 6.06. The first-order valence-corrected chi connectivity index (χ1v) is 8.39. The van der Waals surface area contributed by atoms with Gasteiger partial charge in [-0.05, 0) is 12.8 Å². The van der Waals surface area contributed by atoms with Gasteiger partial charge in [0.05, 0.1) is 11.3 Å². The molecule has 1 saturated carbocycles. The van der Waals surface area contributed by atoms with Gasteiger partial charge in [-0.3, -0.25) is 14.9 Å². The van der Waals surface area contributed by atoms with Crippen molar-refractivity contribution in [1.82, 2.24) is 10.6 Å². The third-order valence-corrected chi connectivity index (χ3v) is 4.27. The van der Waals surface area contributed by atoms with Crippen molar-refractivity contribution >= 4 is 11.6 Å². The van der Waals surface area contributed by atoms with Crippen LogP contribution in [0.5, 0.6) is 0 Å². The summed E-state index contributed by atoms with van der Waals surface area (Å²) >= 11 is 0. The average Bonchev–Trinajstić information content (AvgIpc) is 2.80. The number of nitro groups is 1. The summed E-state index contributed by atoms with van der Waals surface area (Å²) in [5, 5.41) is 17.2. The summed E-state index contributed by atoms with van der Waals surface area (Å²) in [5.41, 5.74) is 0.450. The fourth-order valence-electron chi connectivity index (χ4n) is 3.04. The van der Waals surface area contributed by atoms with E-state index < -0.39 is 4.92 Å². The highest BCUT2D eigenvalue weighted by molar-refractivity contribution is 5.79. The number of nitro benzene ring substituents is 1. The van der Waals surface area contributed by atoms with Crippen molar-refractivity contribution in [2.75, 3.05) is 13.1 Å². The largest absolute Gasteiger partial charge is 0.355 e. The molecule has 0 spiro atoms. The molecule has 0 unspecified atom stereocenters. The van der Waals surface area contributed by atoms with Crippen LogP contribution < -0.4 is 10.6 Å². The molecule has 0 atom stereocenters. The Morgan fingerprint density at radius 2 is 1.83 bits per heavy atom. The van der Waals surface area contributed by atoms with Crippen LogP contribution in [0.3, 0.4) is 0 Å². The van der Waals surface area contributed by atoms with Gasteiger partial charge in [0.25, 0.3) is 5.69 Å². The second kappa shape index (κ2) is 9.25. The molecule has 0 aliphatic heterocycles. The maximum absolute atomic E-state index is 11.9. The van der Waals surface area contributed by atoms with Gasteiger partial charge in [-0.1, -0.05) is 43.9 Å². The molecule has 1 aromatic rings. The Morgan fingerprint density at radius 1 is 1.13 bits per heavy atom. The summed E-state index contributed by atoms with van der Waals surface area (Å²) in [6, 6.07) is 6.93. The first-order chi connectivity index (χ1) is 11.2. The number of hydrogen-bond donors (Lipinski definition) is 2. The van der Waals surface area contributed by atoms with E-state index in [2.05, 4.69) is 10.6 Å². The van der Waals surface area contributed by atoms with Gasteiger partial charge in [0.2, 0.25) is 5.91 Å². The molecule has 1 aromatic carbocycles. The van der Waals surface area contributed by atoms with Gasteiger partial charge in [0, 0.05) is 30.8 Å². The summed E-state index contributed by atoms with van der Waals surface area (Å²) in [6.45, 7) is 1.29. The van der Waals surface area contributed by atoms with E-state index >= 15 is 0 Å². The normalized spacial score (nSPS) is 15.8. The topological polar surface area (TPSA) is 84.3 Å². The highest BCUT2D eigenvalue weighted by atomic mass is 16.6. The lowest BCUT2D eigenvalue weighted by molar-refractivity contribution is -0.385. The summed E-state index contributed by atoms with van der Waals surface area (Å²) < 4.78 is 0. The number of carbonyl (C=O) groups is 1. The van der Waals surface area contributed by atoms with Gasteiger partial charge in [-0.2, -0.15) is 0 Å². The monoisotopic (exact) mass is 319 g/mol. The Labute approximate surface area is 136 Å². The van der Waals surface area contributed by atoms with Crippen LogP contribution in [0.1, 0.15) is 44.1 Å². The number of nitrogens with one attached hydrogen (secondary N) is 2. The van der Waals surface area contributed by atoms with Crippen molar-refractivity contribution in [3.63, 3.8) is 0 Å². The molecule has 2 N–H and O–H groups in total. The van der Waals surface area contributed by atoms with Gasteiger partial charge in [-0.15, -0.1) is 0 Å². The number of para-hydroxylation sites is 1. The first-order valence-electron chi connectivity index (χ1n) is 8.39. The number of rotatable bonds is 7. The van der Waals surface area contributed by atoms with Crippen LogP contribution in [0.2, 0.25) is 0 Å². The molecule has 0 bridgehead atoms. The lowest BCUT2D eigenvalue weighted by Crippen LogP contribution is -2.37. The lowest BCUT2D eigenvalue weighted by Gasteiger charge is -2.16. The quantitative estimate of drug-likeness (QED) is 0.350. The molecule has 0 radical (unpaired) electrons. The molecular formula is C17H25N3O3. The number of hydrogen-bond acceptors (Lipinski definition) is 4. The van der Waals surface area contributed by atoms with Crippen molar-refractivity contribution in [1.29, 1.82) is 0 Å². The van der Waals surface area contributed by atoms with Crippen molar-refractivity contribution in [2.24, 2.45) is 0 Å². The van der Waals surface area contributed by atoms with Crippen molar-refractivity contribution in [2.45, 2.75) is 51.0 Å². The molecule has 6 nitrogen and oxygen atoms in total. The Morgan fingerprint density at radius 3 is 2.52 bits per heavy atom. The van der Waals surface area contributed by atoms with Crippen molar-refractivity contribution in [3.8, 4) is 0 Å². The SMILES string of the molecule is O=C(Cc1ccccc1[N+](=O)[O-])NCCNC1CCCCCC1. The molecule has 0 saturated heterocycles. The minimum absolute atomic E-state index is 0.000712. The van der Waals surface area contributed by atoms with Gasteiger partial charge in [0.1, 0.15) is 0 Å². The number of amides is 1. The lowest BCUT2D eigenvalue weighted by atomic mass is 10.1. The Balaban J connectivity index is 1.70. The average molecular weight is 319 g/mol. The molecule has 1 amide bonds. The van der Waals surface area contributed by atoms with Gasteiger partial charge >= 0.3 is 0 Å². The molecule has 0 aromatic heterocycles. The van der Waals surface area contributed by atoms with E-state index in [1.807, 2.05) is 0 Å². The molecular weight excluding hydrogens is 294 g/mol. The van der Waals surface area contributed by atoms with E-state index in [1.165, 1.54) is 44.6 Å². The van der Waals surface area contributed by atoms with E-state index in [0.717, 1.165) is 6.54 Å². The fraction of sp³-hybridized carbons (Fsp3) is 0.588. The predicted octanol–water partition coefficient (Wildman–Crippen LogP) is 2.57. The van der Waals surface area contributed by atoms with Crippen LogP contribution >= 0.6 is 0 Å². The molecule has 2 rings (SSSR count). The third kappa shape index (κ3) is 5.98. The molecule has 6 heteroatoms. The predicted molar refractivity (Wildman–Crippen MR) is 89.3 cm³/mol. The van der Waals surface area contributed by atoms with Gasteiger partial charge < -0.3 is 10.6 Å². The Hall–Kier alpha value is -1.95. The van der Waals surface area contributed by atoms with Crippen molar-refractivity contribution in [3.05, 3.63) is 39.9 Å². The summed E-state index contributed by atoms with van der Waals surface area (Å²) in [7, 11) is 0. The van der Waals surface area contributed by atoms with E-state index in [1.54, 1.807) is 18.2 Å². The molecule has 1 aliphatic carbocycles. The minimum atomic E-state index is -0.448. The third-order valence-electron chi connectivity index (χ3n) is 4.27. The number of carbonyl (C=O) groups excluding carboxylic acids is 1. The summed E-state index contributed by atoms with van der Waals surface area (Å²) in [5.74, 6) is -0.179.